The zero-order valence-corrected chi connectivity index (χ0v) is 26.2. The molecule has 0 spiro atoms. The van der Waals surface area contributed by atoms with Gasteiger partial charge in [-0.2, -0.15) is 0 Å². The topological polar surface area (TPSA) is 0 Å². The Labute approximate surface area is 236 Å². The summed E-state index contributed by atoms with van der Waals surface area (Å²) < 4.78 is 0. The maximum Gasteiger partial charge on any atom is -0.0351 e. The Kier molecular flexibility index (Phi) is 35.0. The third kappa shape index (κ3) is 35.5. The molecule has 0 saturated heterocycles. The molecule has 37 heavy (non-hydrogen) atoms. The lowest BCUT2D eigenvalue weighted by molar-refractivity contribution is 0.528. The molecule has 0 amide bonds. The van der Waals surface area contributed by atoms with E-state index in [4.69, 9.17) is 0 Å². The first kappa shape index (κ1) is 36.5. The van der Waals surface area contributed by atoms with Crippen molar-refractivity contribution in [3.8, 4) is 0 Å². The van der Waals surface area contributed by atoms with Gasteiger partial charge in [0.2, 0.25) is 0 Å². The molecule has 0 nitrogen and oxygen atoms in total. The molecule has 0 unspecified atom stereocenters. The zero-order valence-electron chi connectivity index (χ0n) is 26.2. The van der Waals surface area contributed by atoms with Gasteiger partial charge in [-0.15, -0.1) is 0 Å². The summed E-state index contributed by atoms with van der Waals surface area (Å²) in [7, 11) is 0. The molecule has 0 aromatic heterocycles. The Bertz CT molecular complexity index is 431. The van der Waals surface area contributed by atoms with Crippen molar-refractivity contribution >= 4 is 0 Å². The number of hydrogen-bond donors (Lipinski definition) is 0. The largest absolute Gasteiger partial charge is 0.0885 e. The molecule has 0 heterocycles. The first-order valence-electron chi connectivity index (χ1n) is 17.7. The molecule has 0 fully saturated rings. The van der Waals surface area contributed by atoms with E-state index in [0.717, 1.165) is 0 Å². The van der Waals surface area contributed by atoms with E-state index >= 15 is 0 Å². The van der Waals surface area contributed by atoms with Crippen molar-refractivity contribution in [3.63, 3.8) is 0 Å². The van der Waals surface area contributed by atoms with Gasteiger partial charge in [-0.3, -0.25) is 0 Å². The van der Waals surface area contributed by atoms with Crippen LogP contribution in [-0.4, -0.2) is 0 Å². The molecule has 0 aliphatic rings. The fraction of sp³-hybridized carbons (Fsp3) is 0.892. The van der Waals surface area contributed by atoms with Gasteiger partial charge in [-0.1, -0.05) is 186 Å². The molecule has 0 atom stereocenters. The van der Waals surface area contributed by atoms with Crippen molar-refractivity contribution < 1.29 is 0 Å². The average molecular weight is 517 g/mol. The molecule has 0 heteroatoms. The van der Waals surface area contributed by atoms with Crippen LogP contribution in [0.4, 0.5) is 0 Å². The summed E-state index contributed by atoms with van der Waals surface area (Å²) in [6, 6.07) is 0. The van der Waals surface area contributed by atoms with Crippen LogP contribution in [0.3, 0.4) is 0 Å². The highest BCUT2D eigenvalue weighted by Gasteiger charge is 1.95. The van der Waals surface area contributed by atoms with E-state index in [9.17, 15) is 0 Å². The number of rotatable bonds is 32. The number of allylic oxidation sites excluding steroid dienone is 4. The first-order chi connectivity index (χ1) is 18.4. The Balaban J connectivity index is 3.09. The van der Waals surface area contributed by atoms with Crippen LogP contribution in [0.1, 0.15) is 213 Å². The monoisotopic (exact) mass is 517 g/mol. The van der Waals surface area contributed by atoms with Gasteiger partial charge in [0.15, 0.2) is 0 Å². The molecule has 0 N–H and O–H groups in total. The molecule has 0 aromatic carbocycles. The van der Waals surface area contributed by atoms with E-state index in [1.807, 2.05) is 0 Å². The van der Waals surface area contributed by atoms with Gasteiger partial charge in [0.25, 0.3) is 0 Å². The van der Waals surface area contributed by atoms with E-state index in [1.165, 1.54) is 199 Å². The normalized spacial score (nSPS) is 11.9. The van der Waals surface area contributed by atoms with Gasteiger partial charge in [0.1, 0.15) is 0 Å². The van der Waals surface area contributed by atoms with E-state index in [1.54, 1.807) is 0 Å². The highest BCUT2D eigenvalue weighted by atomic mass is 14.0. The van der Waals surface area contributed by atoms with E-state index in [-0.39, 0.29) is 0 Å². The van der Waals surface area contributed by atoms with Crippen LogP contribution in [0.15, 0.2) is 24.3 Å². The molecule has 0 radical (unpaired) electrons. The van der Waals surface area contributed by atoms with E-state index in [0.29, 0.717) is 0 Å². The van der Waals surface area contributed by atoms with E-state index < -0.39 is 0 Å². The minimum absolute atomic E-state index is 1.31. The van der Waals surface area contributed by atoms with Gasteiger partial charge < -0.3 is 0 Å². The predicted octanol–water partition coefficient (Wildman–Crippen LogP) is 14.2. The maximum absolute atomic E-state index is 2.45. The molecule has 0 rings (SSSR count). The highest BCUT2D eigenvalue weighted by Crippen LogP contribution is 2.15. The van der Waals surface area contributed by atoms with Crippen LogP contribution < -0.4 is 0 Å². The molecule has 0 aliphatic carbocycles. The summed E-state index contributed by atoms with van der Waals surface area (Å²) in [5.41, 5.74) is 0. The SMILES string of the molecule is CCCCCCCC=CCCCCCCCCCCCCCCCCCCC=CCCCCCCCC. The Morgan fingerprint density at radius 2 is 0.378 bits per heavy atom. The summed E-state index contributed by atoms with van der Waals surface area (Å²) in [6.45, 7) is 4.59. The summed E-state index contributed by atoms with van der Waals surface area (Å²) in [6.07, 6.45) is 53.9. The van der Waals surface area contributed by atoms with Crippen LogP contribution in [0, 0.1) is 0 Å². The zero-order chi connectivity index (χ0) is 26.7. The molecular formula is C37H72. The summed E-state index contributed by atoms with van der Waals surface area (Å²) in [4.78, 5) is 0. The van der Waals surface area contributed by atoms with Crippen molar-refractivity contribution in [1.29, 1.82) is 0 Å². The maximum atomic E-state index is 2.45. The molecule has 0 saturated carbocycles. The predicted molar refractivity (Wildman–Crippen MR) is 173 cm³/mol. The van der Waals surface area contributed by atoms with Crippen molar-refractivity contribution in [3.05, 3.63) is 24.3 Å². The minimum atomic E-state index is 1.31. The lowest BCUT2D eigenvalue weighted by atomic mass is 10.0. The van der Waals surface area contributed by atoms with Crippen LogP contribution >= 0.6 is 0 Å². The van der Waals surface area contributed by atoms with Crippen molar-refractivity contribution in [2.45, 2.75) is 213 Å². The molecule has 0 bridgehead atoms. The molecule has 220 valence electrons. The minimum Gasteiger partial charge on any atom is -0.0885 e. The smallest absolute Gasteiger partial charge is 0.0351 e. The highest BCUT2D eigenvalue weighted by molar-refractivity contribution is 4.82. The Morgan fingerprint density at radius 3 is 0.568 bits per heavy atom. The summed E-state index contributed by atoms with van der Waals surface area (Å²) in [5.74, 6) is 0. The van der Waals surface area contributed by atoms with Gasteiger partial charge in [0, 0.05) is 0 Å². The van der Waals surface area contributed by atoms with Crippen LogP contribution in [0.25, 0.3) is 0 Å². The van der Waals surface area contributed by atoms with Crippen molar-refractivity contribution in [2.75, 3.05) is 0 Å². The fourth-order valence-electron chi connectivity index (χ4n) is 5.38. The average Bonchev–Trinajstić information content (AvgIpc) is 2.91. The molecule has 0 aliphatic heterocycles. The quantitative estimate of drug-likeness (QED) is 0.0616. The number of hydrogen-bond acceptors (Lipinski definition) is 0. The second kappa shape index (κ2) is 35.5. The Hall–Kier alpha value is -0.520. The lowest BCUT2D eigenvalue weighted by Gasteiger charge is -2.03. The van der Waals surface area contributed by atoms with Gasteiger partial charge in [-0.05, 0) is 51.4 Å². The van der Waals surface area contributed by atoms with Gasteiger partial charge >= 0.3 is 0 Å². The van der Waals surface area contributed by atoms with Crippen LogP contribution in [-0.2, 0) is 0 Å². The summed E-state index contributed by atoms with van der Waals surface area (Å²) in [5, 5.41) is 0. The van der Waals surface area contributed by atoms with Crippen LogP contribution in [0.5, 0.6) is 0 Å². The fourth-order valence-corrected chi connectivity index (χ4v) is 5.38. The Morgan fingerprint density at radius 1 is 0.216 bits per heavy atom. The van der Waals surface area contributed by atoms with Gasteiger partial charge in [-0.25, -0.2) is 0 Å². The van der Waals surface area contributed by atoms with E-state index in [2.05, 4.69) is 38.2 Å². The molecule has 0 aromatic rings. The van der Waals surface area contributed by atoms with Crippen molar-refractivity contribution in [2.24, 2.45) is 0 Å². The second-order valence-electron chi connectivity index (χ2n) is 11.9. The molecular weight excluding hydrogens is 444 g/mol. The third-order valence-corrected chi connectivity index (χ3v) is 8.02. The van der Waals surface area contributed by atoms with Crippen LogP contribution in [0.2, 0.25) is 0 Å². The standard InChI is InChI=1S/C37H72/c1-3-5-7-9-11-13-15-17-19-21-23-25-27-29-31-33-35-37-36-34-32-30-28-26-24-22-20-18-16-14-12-10-8-6-4-2/h15,17-18,20H,3-14,16,19,21-37H2,1-2H3. The second-order valence-corrected chi connectivity index (χ2v) is 11.9. The van der Waals surface area contributed by atoms with Gasteiger partial charge in [0.05, 0.1) is 0 Å². The summed E-state index contributed by atoms with van der Waals surface area (Å²) >= 11 is 0. The van der Waals surface area contributed by atoms with Crippen molar-refractivity contribution in [1.82, 2.24) is 0 Å². The number of unbranched alkanes of at least 4 members (excludes halogenated alkanes) is 28. The lowest BCUT2D eigenvalue weighted by Crippen LogP contribution is -1.84. The first-order valence-corrected chi connectivity index (χ1v) is 17.7. The third-order valence-electron chi connectivity index (χ3n) is 8.02.